The monoisotopic (exact) mass is 211 g/mol. The Bertz CT molecular complexity index is 362. The lowest BCUT2D eigenvalue weighted by atomic mass is 10.2. The summed E-state index contributed by atoms with van der Waals surface area (Å²) in [6.07, 6.45) is -0.648. The van der Waals surface area contributed by atoms with E-state index in [1.54, 1.807) is 26.0 Å². The van der Waals surface area contributed by atoms with Crippen LogP contribution in [0.25, 0.3) is 0 Å². The second-order valence-electron chi connectivity index (χ2n) is 3.34. The Hall–Kier alpha value is -1.62. The largest absolute Gasteiger partial charge is 0.484 e. The van der Waals surface area contributed by atoms with Gasteiger partial charge in [0.1, 0.15) is 6.61 Å². The molecule has 0 bridgehead atoms. The minimum absolute atomic E-state index is 0.0434. The van der Waals surface area contributed by atoms with Crippen molar-refractivity contribution >= 4 is 5.69 Å². The molecule has 1 rings (SSSR count). The molecule has 0 aliphatic carbocycles. The van der Waals surface area contributed by atoms with Gasteiger partial charge < -0.3 is 9.84 Å². The lowest BCUT2D eigenvalue weighted by Crippen LogP contribution is -2.13. The summed E-state index contributed by atoms with van der Waals surface area (Å²) in [5.41, 5.74) is 0.501. The molecule has 0 heterocycles. The van der Waals surface area contributed by atoms with Gasteiger partial charge in [-0.1, -0.05) is 12.1 Å². The fourth-order valence-electron chi connectivity index (χ4n) is 1.19. The van der Waals surface area contributed by atoms with Crippen molar-refractivity contribution in [2.45, 2.75) is 20.0 Å². The van der Waals surface area contributed by atoms with E-state index < -0.39 is 11.0 Å². The topological polar surface area (TPSA) is 72.6 Å². The van der Waals surface area contributed by atoms with Gasteiger partial charge in [-0.15, -0.1) is 0 Å². The molecule has 0 amide bonds. The summed E-state index contributed by atoms with van der Waals surface area (Å²) in [6.45, 7) is 3.25. The van der Waals surface area contributed by atoms with Crippen LogP contribution in [-0.2, 0) is 0 Å². The number of ether oxygens (including phenoxy) is 1. The Morgan fingerprint density at radius 3 is 2.80 bits per heavy atom. The molecule has 0 aliphatic heterocycles. The van der Waals surface area contributed by atoms with Crippen LogP contribution in [-0.4, -0.2) is 22.7 Å². The highest BCUT2D eigenvalue weighted by molar-refractivity contribution is 5.51. The van der Waals surface area contributed by atoms with Crippen molar-refractivity contribution in [3.05, 3.63) is 33.9 Å². The second-order valence-corrected chi connectivity index (χ2v) is 3.34. The highest BCUT2D eigenvalue weighted by Gasteiger charge is 2.18. The first-order chi connectivity index (χ1) is 7.02. The Kier molecular flexibility index (Phi) is 3.62. The number of hydrogen-bond acceptors (Lipinski definition) is 4. The number of nitrogens with zero attached hydrogens (tertiary/aromatic N) is 1. The molecule has 0 saturated carbocycles. The minimum Gasteiger partial charge on any atom is -0.484 e. The molecule has 1 aromatic rings. The summed E-state index contributed by atoms with van der Waals surface area (Å²) in [7, 11) is 0. The second kappa shape index (κ2) is 4.75. The van der Waals surface area contributed by atoms with E-state index in [0.29, 0.717) is 5.56 Å². The number of nitro benzene ring substituents is 1. The van der Waals surface area contributed by atoms with E-state index in [1.165, 1.54) is 6.07 Å². The summed E-state index contributed by atoms with van der Waals surface area (Å²) in [4.78, 5) is 10.3. The molecule has 0 aliphatic rings. The maximum atomic E-state index is 10.8. The molecule has 5 nitrogen and oxygen atoms in total. The third kappa shape index (κ3) is 2.92. The van der Waals surface area contributed by atoms with E-state index >= 15 is 0 Å². The molecular formula is C10H13NO4. The summed E-state index contributed by atoms with van der Waals surface area (Å²) in [6, 6.07) is 4.85. The van der Waals surface area contributed by atoms with Crippen molar-refractivity contribution in [3.63, 3.8) is 0 Å². The molecule has 0 unspecified atom stereocenters. The molecule has 0 spiro atoms. The van der Waals surface area contributed by atoms with Gasteiger partial charge in [-0.05, 0) is 19.9 Å². The van der Waals surface area contributed by atoms with Crippen LogP contribution in [0.1, 0.15) is 12.5 Å². The fourth-order valence-corrected chi connectivity index (χ4v) is 1.19. The lowest BCUT2D eigenvalue weighted by Gasteiger charge is -2.09. The van der Waals surface area contributed by atoms with Crippen LogP contribution in [0.5, 0.6) is 5.75 Å². The lowest BCUT2D eigenvalue weighted by molar-refractivity contribution is -0.386. The zero-order valence-corrected chi connectivity index (χ0v) is 8.64. The molecule has 1 aromatic carbocycles. The van der Waals surface area contributed by atoms with Crippen molar-refractivity contribution < 1.29 is 14.8 Å². The maximum absolute atomic E-state index is 10.8. The SMILES string of the molecule is Cc1cccc(OC[C@@H](C)O)c1[N+](=O)[O-]. The first-order valence-electron chi connectivity index (χ1n) is 4.57. The number of aliphatic hydroxyl groups is 1. The average Bonchev–Trinajstić information content (AvgIpc) is 2.13. The Morgan fingerprint density at radius 2 is 2.27 bits per heavy atom. The molecule has 0 radical (unpaired) electrons. The molecule has 0 saturated heterocycles. The van der Waals surface area contributed by atoms with Gasteiger partial charge in [0.2, 0.25) is 0 Å². The molecule has 1 atom stereocenters. The third-order valence-corrected chi connectivity index (χ3v) is 1.86. The van der Waals surface area contributed by atoms with Crippen LogP contribution in [0.2, 0.25) is 0 Å². The van der Waals surface area contributed by atoms with E-state index in [9.17, 15) is 10.1 Å². The molecular weight excluding hydrogens is 198 g/mol. The number of aryl methyl sites for hydroxylation is 1. The van der Waals surface area contributed by atoms with Crippen molar-refractivity contribution in [1.29, 1.82) is 0 Å². The van der Waals surface area contributed by atoms with Crippen molar-refractivity contribution in [1.82, 2.24) is 0 Å². The van der Waals surface area contributed by atoms with E-state index in [-0.39, 0.29) is 18.0 Å². The van der Waals surface area contributed by atoms with Gasteiger partial charge in [-0.2, -0.15) is 0 Å². The highest BCUT2D eigenvalue weighted by Crippen LogP contribution is 2.30. The summed E-state index contributed by atoms with van der Waals surface area (Å²) in [5, 5.41) is 19.8. The smallest absolute Gasteiger partial charge is 0.313 e. The molecule has 15 heavy (non-hydrogen) atoms. The summed E-state index contributed by atoms with van der Waals surface area (Å²) >= 11 is 0. The van der Waals surface area contributed by atoms with Gasteiger partial charge in [-0.3, -0.25) is 10.1 Å². The van der Waals surface area contributed by atoms with Crippen molar-refractivity contribution in [2.24, 2.45) is 0 Å². The van der Waals surface area contributed by atoms with Gasteiger partial charge in [-0.25, -0.2) is 0 Å². The van der Waals surface area contributed by atoms with Crippen LogP contribution < -0.4 is 4.74 Å². The number of para-hydroxylation sites is 1. The van der Waals surface area contributed by atoms with Gasteiger partial charge in [0.15, 0.2) is 5.75 Å². The fraction of sp³-hybridized carbons (Fsp3) is 0.400. The Morgan fingerprint density at radius 1 is 1.60 bits per heavy atom. The predicted molar refractivity (Wildman–Crippen MR) is 55.0 cm³/mol. The number of nitro groups is 1. The number of rotatable bonds is 4. The Labute approximate surface area is 87.5 Å². The standard InChI is InChI=1S/C10H13NO4/c1-7-4-3-5-9(10(7)11(13)14)15-6-8(2)12/h3-5,8,12H,6H2,1-2H3/t8-/m1/s1. The van der Waals surface area contributed by atoms with Crippen LogP contribution >= 0.6 is 0 Å². The van der Waals surface area contributed by atoms with Crippen LogP contribution in [0.3, 0.4) is 0 Å². The summed E-state index contributed by atoms with van der Waals surface area (Å²) < 4.78 is 5.15. The normalized spacial score (nSPS) is 12.2. The van der Waals surface area contributed by atoms with Gasteiger partial charge in [0, 0.05) is 5.56 Å². The summed E-state index contributed by atoms with van der Waals surface area (Å²) in [5.74, 6) is 0.195. The van der Waals surface area contributed by atoms with Crippen LogP contribution in [0.15, 0.2) is 18.2 Å². The average molecular weight is 211 g/mol. The number of benzene rings is 1. The van der Waals surface area contributed by atoms with E-state index in [0.717, 1.165) is 0 Å². The molecule has 0 fully saturated rings. The zero-order valence-electron chi connectivity index (χ0n) is 8.64. The minimum atomic E-state index is -0.648. The maximum Gasteiger partial charge on any atom is 0.313 e. The zero-order chi connectivity index (χ0) is 11.4. The molecule has 0 aromatic heterocycles. The first kappa shape index (κ1) is 11.5. The Balaban J connectivity index is 2.96. The quantitative estimate of drug-likeness (QED) is 0.607. The van der Waals surface area contributed by atoms with Crippen LogP contribution in [0, 0.1) is 17.0 Å². The first-order valence-corrected chi connectivity index (χ1v) is 4.57. The number of aliphatic hydroxyl groups excluding tert-OH is 1. The predicted octanol–water partition coefficient (Wildman–Crippen LogP) is 1.66. The van der Waals surface area contributed by atoms with Crippen molar-refractivity contribution in [2.75, 3.05) is 6.61 Å². The van der Waals surface area contributed by atoms with E-state index in [2.05, 4.69) is 0 Å². The third-order valence-electron chi connectivity index (χ3n) is 1.86. The van der Waals surface area contributed by atoms with E-state index in [4.69, 9.17) is 9.84 Å². The van der Waals surface area contributed by atoms with Gasteiger partial charge in [0.05, 0.1) is 11.0 Å². The number of hydrogen-bond donors (Lipinski definition) is 1. The molecule has 82 valence electrons. The highest BCUT2D eigenvalue weighted by atomic mass is 16.6. The molecule has 5 heteroatoms. The van der Waals surface area contributed by atoms with Crippen molar-refractivity contribution in [3.8, 4) is 5.75 Å². The van der Waals surface area contributed by atoms with Gasteiger partial charge in [0.25, 0.3) is 0 Å². The van der Waals surface area contributed by atoms with E-state index in [1.807, 2.05) is 0 Å². The molecule has 1 N–H and O–H groups in total. The van der Waals surface area contributed by atoms with Crippen LogP contribution in [0.4, 0.5) is 5.69 Å². The van der Waals surface area contributed by atoms with Gasteiger partial charge >= 0.3 is 5.69 Å².